The second kappa shape index (κ2) is 6.02. The molecule has 1 aliphatic rings. The molecule has 122 valence electrons. The Morgan fingerprint density at radius 2 is 2.21 bits per heavy atom. The van der Waals surface area contributed by atoms with Gasteiger partial charge in [-0.05, 0) is 60.0 Å². The van der Waals surface area contributed by atoms with E-state index in [0.29, 0.717) is 18.1 Å². The highest BCUT2D eigenvalue weighted by atomic mass is 79.9. The van der Waals surface area contributed by atoms with Crippen LogP contribution in [0.25, 0.3) is 16.6 Å². The number of esters is 1. The molecule has 0 N–H and O–H groups in total. The van der Waals surface area contributed by atoms with Gasteiger partial charge in [0.2, 0.25) is 0 Å². The highest BCUT2D eigenvalue weighted by Crippen LogP contribution is 2.43. The normalized spacial score (nSPS) is 14.1. The minimum Gasteiger partial charge on any atom is -0.462 e. The summed E-state index contributed by atoms with van der Waals surface area (Å²) in [5, 5.41) is 5.50. The number of hydrogen-bond acceptors (Lipinski definition) is 4. The van der Waals surface area contributed by atoms with Crippen LogP contribution in [0.4, 0.5) is 0 Å². The van der Waals surface area contributed by atoms with Crippen LogP contribution in [-0.4, -0.2) is 27.3 Å². The second-order valence-electron chi connectivity index (χ2n) is 5.82. The highest BCUT2D eigenvalue weighted by Gasteiger charge is 2.33. The van der Waals surface area contributed by atoms with Crippen LogP contribution in [-0.2, 0) is 4.74 Å². The number of pyridine rings is 1. The van der Waals surface area contributed by atoms with Crippen LogP contribution in [0, 0.1) is 0 Å². The molecule has 6 heteroatoms. The van der Waals surface area contributed by atoms with Gasteiger partial charge in [0, 0.05) is 22.0 Å². The van der Waals surface area contributed by atoms with E-state index in [2.05, 4.69) is 26.0 Å². The lowest BCUT2D eigenvalue weighted by Gasteiger charge is -2.12. The molecule has 3 aromatic rings. The van der Waals surface area contributed by atoms with Crippen LogP contribution in [0.2, 0.25) is 0 Å². The molecular weight excluding hydrogens is 370 g/mol. The molecule has 1 fully saturated rings. The summed E-state index contributed by atoms with van der Waals surface area (Å²) in [7, 11) is 0. The molecule has 2 aromatic heterocycles. The lowest BCUT2D eigenvalue weighted by molar-refractivity contribution is 0.0525. The van der Waals surface area contributed by atoms with Crippen LogP contribution in [0.15, 0.2) is 41.1 Å². The van der Waals surface area contributed by atoms with Crippen molar-refractivity contribution >= 4 is 32.8 Å². The fraction of sp³-hybridized carbons (Fsp3) is 0.278. The zero-order chi connectivity index (χ0) is 16.7. The Morgan fingerprint density at radius 3 is 2.96 bits per heavy atom. The van der Waals surface area contributed by atoms with Gasteiger partial charge in [0.25, 0.3) is 0 Å². The van der Waals surface area contributed by atoms with Crippen molar-refractivity contribution in [3.8, 4) is 5.69 Å². The first kappa shape index (κ1) is 15.3. The van der Waals surface area contributed by atoms with Gasteiger partial charge in [0.1, 0.15) is 5.56 Å². The van der Waals surface area contributed by atoms with E-state index in [1.807, 2.05) is 35.9 Å². The first-order valence-corrected chi connectivity index (χ1v) is 8.78. The third-order valence-electron chi connectivity index (χ3n) is 4.19. The summed E-state index contributed by atoms with van der Waals surface area (Å²) in [5.74, 6) is 0.0625. The monoisotopic (exact) mass is 385 g/mol. The van der Waals surface area contributed by atoms with Crippen LogP contribution < -0.4 is 0 Å². The third kappa shape index (κ3) is 2.51. The summed E-state index contributed by atoms with van der Waals surface area (Å²) in [6.45, 7) is 2.17. The Kier molecular flexibility index (Phi) is 3.84. The highest BCUT2D eigenvalue weighted by molar-refractivity contribution is 9.10. The molecule has 0 bridgehead atoms. The number of aromatic nitrogens is 3. The van der Waals surface area contributed by atoms with Gasteiger partial charge in [-0.2, -0.15) is 5.10 Å². The molecule has 0 atom stereocenters. The summed E-state index contributed by atoms with van der Waals surface area (Å²) in [5.41, 5.74) is 3.32. The molecule has 0 saturated heterocycles. The van der Waals surface area contributed by atoms with Gasteiger partial charge in [-0.15, -0.1) is 0 Å². The maximum absolute atomic E-state index is 12.3. The number of rotatable bonds is 4. The Bertz CT molecular complexity index is 931. The van der Waals surface area contributed by atoms with E-state index in [4.69, 9.17) is 4.74 Å². The second-order valence-corrected chi connectivity index (χ2v) is 6.67. The van der Waals surface area contributed by atoms with Crippen LogP contribution in [0.5, 0.6) is 0 Å². The number of carbonyl (C=O) groups is 1. The molecule has 1 aliphatic carbocycles. The van der Waals surface area contributed by atoms with E-state index in [-0.39, 0.29) is 5.97 Å². The predicted molar refractivity (Wildman–Crippen MR) is 94.5 cm³/mol. The Labute approximate surface area is 147 Å². The zero-order valence-electron chi connectivity index (χ0n) is 13.2. The van der Waals surface area contributed by atoms with Gasteiger partial charge in [-0.1, -0.05) is 0 Å². The molecular formula is C18H16BrN3O2. The average Bonchev–Trinajstić information content (AvgIpc) is 3.34. The standard InChI is InChI=1S/C18H16BrN3O2/c1-2-24-18(23)13-10-21-22(17(13)11-5-6-11)15-8-7-14(19)16-12(15)4-3-9-20-16/h3-4,7-11H,2,5-6H2,1H3. The number of halogens is 1. The molecule has 2 heterocycles. The zero-order valence-corrected chi connectivity index (χ0v) is 14.8. The summed E-state index contributed by atoms with van der Waals surface area (Å²) in [6, 6.07) is 7.89. The van der Waals surface area contributed by atoms with Crippen molar-refractivity contribution < 1.29 is 9.53 Å². The predicted octanol–water partition coefficient (Wildman–Crippen LogP) is 4.24. The van der Waals surface area contributed by atoms with E-state index in [9.17, 15) is 4.79 Å². The lowest BCUT2D eigenvalue weighted by Crippen LogP contribution is -2.09. The number of hydrogen-bond donors (Lipinski definition) is 0. The molecule has 24 heavy (non-hydrogen) atoms. The minimum absolute atomic E-state index is 0.301. The van der Waals surface area contributed by atoms with Crippen molar-refractivity contribution in [3.05, 3.63) is 52.4 Å². The molecule has 0 unspecified atom stereocenters. The maximum atomic E-state index is 12.3. The molecule has 0 amide bonds. The smallest absolute Gasteiger partial charge is 0.341 e. The van der Waals surface area contributed by atoms with Crippen molar-refractivity contribution in [1.82, 2.24) is 14.8 Å². The van der Waals surface area contributed by atoms with E-state index in [1.54, 1.807) is 12.4 Å². The van der Waals surface area contributed by atoms with Gasteiger partial charge >= 0.3 is 5.97 Å². The van der Waals surface area contributed by atoms with Gasteiger partial charge in [0.05, 0.1) is 29.7 Å². The molecule has 1 aromatic carbocycles. The molecule has 0 radical (unpaired) electrons. The van der Waals surface area contributed by atoms with Crippen LogP contribution >= 0.6 is 15.9 Å². The van der Waals surface area contributed by atoms with Crippen molar-refractivity contribution in [1.29, 1.82) is 0 Å². The van der Waals surface area contributed by atoms with Crippen LogP contribution in [0.3, 0.4) is 0 Å². The van der Waals surface area contributed by atoms with Crippen LogP contribution in [0.1, 0.15) is 41.7 Å². The fourth-order valence-corrected chi connectivity index (χ4v) is 3.42. The van der Waals surface area contributed by atoms with Crippen molar-refractivity contribution in [3.63, 3.8) is 0 Å². The topological polar surface area (TPSA) is 57.0 Å². The third-order valence-corrected chi connectivity index (χ3v) is 4.83. The molecule has 4 rings (SSSR count). The Hall–Kier alpha value is -2.21. The minimum atomic E-state index is -0.301. The lowest BCUT2D eigenvalue weighted by atomic mass is 10.1. The summed E-state index contributed by atoms with van der Waals surface area (Å²) >= 11 is 3.55. The number of nitrogens with zero attached hydrogens (tertiary/aromatic N) is 3. The molecule has 0 aliphatic heterocycles. The number of carbonyl (C=O) groups excluding carboxylic acids is 1. The Morgan fingerprint density at radius 1 is 1.38 bits per heavy atom. The van der Waals surface area contributed by atoms with Crippen molar-refractivity contribution in [2.45, 2.75) is 25.7 Å². The molecule has 0 spiro atoms. The molecule has 5 nitrogen and oxygen atoms in total. The van der Waals surface area contributed by atoms with Crippen molar-refractivity contribution in [2.75, 3.05) is 6.61 Å². The first-order chi connectivity index (χ1) is 11.7. The van der Waals surface area contributed by atoms with Gasteiger partial charge < -0.3 is 4.74 Å². The van der Waals surface area contributed by atoms with Gasteiger partial charge in [0.15, 0.2) is 0 Å². The summed E-state index contributed by atoms with van der Waals surface area (Å²) in [6.07, 6.45) is 5.54. The average molecular weight is 386 g/mol. The Balaban J connectivity index is 1.92. The quantitative estimate of drug-likeness (QED) is 0.630. The largest absolute Gasteiger partial charge is 0.462 e. The van der Waals surface area contributed by atoms with E-state index < -0.39 is 0 Å². The van der Waals surface area contributed by atoms with E-state index in [0.717, 1.165) is 39.6 Å². The number of ether oxygens (including phenoxy) is 1. The SMILES string of the molecule is CCOC(=O)c1cnn(-c2ccc(Br)c3ncccc23)c1C1CC1. The summed E-state index contributed by atoms with van der Waals surface area (Å²) < 4.78 is 8.00. The van der Waals surface area contributed by atoms with E-state index in [1.165, 1.54) is 0 Å². The number of fused-ring (bicyclic) bond motifs is 1. The molecule has 1 saturated carbocycles. The van der Waals surface area contributed by atoms with Gasteiger partial charge in [-0.25, -0.2) is 9.48 Å². The number of benzene rings is 1. The first-order valence-electron chi connectivity index (χ1n) is 7.99. The van der Waals surface area contributed by atoms with Crippen molar-refractivity contribution in [2.24, 2.45) is 0 Å². The maximum Gasteiger partial charge on any atom is 0.341 e. The van der Waals surface area contributed by atoms with E-state index >= 15 is 0 Å². The fourth-order valence-electron chi connectivity index (χ4n) is 2.97. The van der Waals surface area contributed by atoms with Gasteiger partial charge in [-0.3, -0.25) is 4.98 Å². The summed E-state index contributed by atoms with van der Waals surface area (Å²) in [4.78, 5) is 16.7.